The van der Waals surface area contributed by atoms with E-state index < -0.39 is 0 Å². The van der Waals surface area contributed by atoms with Gasteiger partial charge in [0.05, 0.1) is 0 Å². The fourth-order valence-corrected chi connectivity index (χ4v) is 4.00. The molecule has 0 fully saturated rings. The number of amides is 1. The fourth-order valence-electron chi connectivity index (χ4n) is 4.00. The van der Waals surface area contributed by atoms with Gasteiger partial charge < -0.3 is 10.3 Å². The molecule has 0 aliphatic heterocycles. The Morgan fingerprint density at radius 2 is 2.07 bits per heavy atom. The number of aromatic amines is 1. The molecule has 2 N–H and O–H groups in total. The SMILES string of the molecule is O=C(NCCc1nnc2ccccn12)c1ccc2[nH]c3c(c2c1)CCCC3. The zero-order chi connectivity index (χ0) is 18.2. The van der Waals surface area contributed by atoms with Crippen molar-refractivity contribution in [2.75, 3.05) is 6.54 Å². The second-order valence-corrected chi connectivity index (χ2v) is 7.10. The minimum Gasteiger partial charge on any atom is -0.358 e. The summed E-state index contributed by atoms with van der Waals surface area (Å²) in [7, 11) is 0. The maximum Gasteiger partial charge on any atom is 0.251 e. The van der Waals surface area contributed by atoms with Gasteiger partial charge in [0.15, 0.2) is 5.65 Å². The van der Waals surface area contributed by atoms with Crippen LogP contribution in [0.5, 0.6) is 0 Å². The lowest BCUT2D eigenvalue weighted by molar-refractivity contribution is 0.0954. The van der Waals surface area contributed by atoms with E-state index in [2.05, 4.69) is 20.5 Å². The third-order valence-electron chi connectivity index (χ3n) is 5.38. The zero-order valence-corrected chi connectivity index (χ0v) is 15.0. The number of benzene rings is 1. The van der Waals surface area contributed by atoms with E-state index in [0.29, 0.717) is 18.5 Å². The molecule has 0 spiro atoms. The van der Waals surface area contributed by atoms with Gasteiger partial charge in [0, 0.05) is 41.3 Å². The molecular weight excluding hydrogens is 338 g/mol. The van der Waals surface area contributed by atoms with Gasteiger partial charge in [0.25, 0.3) is 5.91 Å². The minimum atomic E-state index is -0.0449. The topological polar surface area (TPSA) is 75.1 Å². The molecule has 0 saturated heterocycles. The maximum absolute atomic E-state index is 12.6. The smallest absolute Gasteiger partial charge is 0.251 e. The summed E-state index contributed by atoms with van der Waals surface area (Å²) in [5, 5.41) is 12.5. The van der Waals surface area contributed by atoms with E-state index in [9.17, 15) is 4.79 Å². The standard InChI is InChI=1S/C21H21N5O/c27-21(22-11-10-20-25-24-19-7-3-4-12-26(19)20)14-8-9-18-16(13-14)15-5-1-2-6-17(15)23-18/h3-4,7-9,12-13,23H,1-2,5-6,10-11H2,(H,22,27). The molecule has 0 saturated carbocycles. The number of rotatable bonds is 4. The normalized spacial score (nSPS) is 13.8. The van der Waals surface area contributed by atoms with Crippen LogP contribution in [0.2, 0.25) is 0 Å². The van der Waals surface area contributed by atoms with Gasteiger partial charge in [-0.15, -0.1) is 10.2 Å². The van der Waals surface area contributed by atoms with Crippen LogP contribution in [0, 0.1) is 0 Å². The molecule has 6 heteroatoms. The summed E-state index contributed by atoms with van der Waals surface area (Å²) in [6.07, 6.45) is 7.25. The molecule has 3 heterocycles. The van der Waals surface area contributed by atoms with Crippen molar-refractivity contribution in [2.45, 2.75) is 32.1 Å². The highest BCUT2D eigenvalue weighted by molar-refractivity contribution is 5.99. The van der Waals surface area contributed by atoms with Gasteiger partial charge in [-0.05, 0) is 61.6 Å². The summed E-state index contributed by atoms with van der Waals surface area (Å²) in [6, 6.07) is 11.7. The van der Waals surface area contributed by atoms with Crippen LogP contribution < -0.4 is 5.32 Å². The van der Waals surface area contributed by atoms with Gasteiger partial charge in [-0.1, -0.05) is 6.07 Å². The van der Waals surface area contributed by atoms with E-state index in [-0.39, 0.29) is 5.91 Å². The minimum absolute atomic E-state index is 0.0449. The average molecular weight is 359 g/mol. The second kappa shape index (κ2) is 6.54. The summed E-state index contributed by atoms with van der Waals surface area (Å²) in [4.78, 5) is 16.1. The number of hydrogen-bond donors (Lipinski definition) is 2. The molecule has 0 unspecified atom stereocenters. The first-order chi connectivity index (χ1) is 13.3. The number of nitrogens with one attached hydrogen (secondary N) is 2. The van der Waals surface area contributed by atoms with E-state index >= 15 is 0 Å². The largest absolute Gasteiger partial charge is 0.358 e. The Bertz CT molecular complexity index is 1140. The number of aryl methyl sites for hydroxylation is 2. The summed E-state index contributed by atoms with van der Waals surface area (Å²) in [5.74, 6) is 0.803. The molecule has 3 aromatic heterocycles. The van der Waals surface area contributed by atoms with Gasteiger partial charge >= 0.3 is 0 Å². The monoisotopic (exact) mass is 359 g/mol. The van der Waals surface area contributed by atoms with Gasteiger partial charge in [-0.2, -0.15) is 0 Å². The number of carbonyl (C=O) groups is 1. The molecule has 1 amide bonds. The molecule has 1 aliphatic rings. The highest BCUT2D eigenvalue weighted by Crippen LogP contribution is 2.29. The summed E-state index contributed by atoms with van der Waals surface area (Å²) >= 11 is 0. The van der Waals surface area contributed by atoms with Crippen molar-refractivity contribution in [3.8, 4) is 0 Å². The van der Waals surface area contributed by atoms with Crippen molar-refractivity contribution in [1.82, 2.24) is 24.9 Å². The maximum atomic E-state index is 12.6. The number of carbonyl (C=O) groups excluding carboxylic acids is 1. The number of aromatic nitrogens is 4. The van der Waals surface area contributed by atoms with Gasteiger partial charge in [-0.25, -0.2) is 0 Å². The molecule has 1 aromatic carbocycles. The van der Waals surface area contributed by atoms with Crippen LogP contribution in [0.3, 0.4) is 0 Å². The predicted molar refractivity (Wildman–Crippen MR) is 104 cm³/mol. The average Bonchev–Trinajstić information content (AvgIpc) is 3.29. The molecule has 5 rings (SSSR count). The number of fused-ring (bicyclic) bond motifs is 4. The van der Waals surface area contributed by atoms with Crippen LogP contribution in [-0.4, -0.2) is 32.0 Å². The highest BCUT2D eigenvalue weighted by Gasteiger charge is 2.16. The first-order valence-electron chi connectivity index (χ1n) is 9.50. The van der Waals surface area contributed by atoms with Crippen molar-refractivity contribution in [2.24, 2.45) is 0 Å². The summed E-state index contributed by atoms with van der Waals surface area (Å²) < 4.78 is 1.95. The Morgan fingerprint density at radius 1 is 1.15 bits per heavy atom. The van der Waals surface area contributed by atoms with E-state index in [0.717, 1.165) is 29.8 Å². The van der Waals surface area contributed by atoms with Crippen molar-refractivity contribution in [3.05, 3.63) is 65.2 Å². The van der Waals surface area contributed by atoms with Gasteiger partial charge in [0.2, 0.25) is 0 Å². The second-order valence-electron chi connectivity index (χ2n) is 7.10. The quantitative estimate of drug-likeness (QED) is 0.588. The Labute approximate surface area is 156 Å². The molecule has 136 valence electrons. The van der Waals surface area contributed by atoms with Crippen molar-refractivity contribution >= 4 is 22.5 Å². The number of nitrogens with zero attached hydrogens (tertiary/aromatic N) is 3. The summed E-state index contributed by atoms with van der Waals surface area (Å²) in [5.41, 5.74) is 5.39. The van der Waals surface area contributed by atoms with Crippen LogP contribution in [-0.2, 0) is 19.3 Å². The van der Waals surface area contributed by atoms with Crippen molar-refractivity contribution < 1.29 is 4.79 Å². The first-order valence-corrected chi connectivity index (χ1v) is 9.50. The molecule has 4 aromatic rings. The Hall–Kier alpha value is -3.15. The third-order valence-corrected chi connectivity index (χ3v) is 5.38. The molecule has 0 bridgehead atoms. The lowest BCUT2D eigenvalue weighted by Crippen LogP contribution is -2.26. The van der Waals surface area contributed by atoms with Crippen LogP contribution in [0.1, 0.15) is 40.3 Å². The summed E-state index contributed by atoms with van der Waals surface area (Å²) in [6.45, 7) is 0.526. The van der Waals surface area contributed by atoms with Crippen LogP contribution >= 0.6 is 0 Å². The van der Waals surface area contributed by atoms with Gasteiger partial charge in [-0.3, -0.25) is 9.20 Å². The zero-order valence-electron chi connectivity index (χ0n) is 15.0. The molecule has 0 radical (unpaired) electrons. The molecule has 1 aliphatic carbocycles. The molecule has 27 heavy (non-hydrogen) atoms. The molecule has 6 nitrogen and oxygen atoms in total. The number of hydrogen-bond acceptors (Lipinski definition) is 3. The number of pyridine rings is 1. The first kappa shape index (κ1) is 16.1. The lowest BCUT2D eigenvalue weighted by atomic mass is 9.95. The lowest BCUT2D eigenvalue weighted by Gasteiger charge is -2.10. The van der Waals surface area contributed by atoms with Crippen molar-refractivity contribution in [1.29, 1.82) is 0 Å². The third kappa shape index (κ3) is 2.87. The Balaban J connectivity index is 1.31. The van der Waals surface area contributed by atoms with Crippen molar-refractivity contribution in [3.63, 3.8) is 0 Å². The van der Waals surface area contributed by atoms with Crippen LogP contribution in [0.4, 0.5) is 0 Å². The van der Waals surface area contributed by atoms with Crippen LogP contribution in [0.25, 0.3) is 16.6 Å². The predicted octanol–water partition coefficient (Wildman–Crippen LogP) is 3.06. The van der Waals surface area contributed by atoms with Crippen LogP contribution in [0.15, 0.2) is 42.6 Å². The van der Waals surface area contributed by atoms with E-state index in [4.69, 9.17) is 0 Å². The highest BCUT2D eigenvalue weighted by atomic mass is 16.1. The van der Waals surface area contributed by atoms with E-state index in [1.807, 2.05) is 47.0 Å². The molecular formula is C21H21N5O. The fraction of sp³-hybridized carbons (Fsp3) is 0.286. The van der Waals surface area contributed by atoms with E-state index in [1.54, 1.807) is 0 Å². The Morgan fingerprint density at radius 3 is 3.04 bits per heavy atom. The molecule has 0 atom stereocenters. The van der Waals surface area contributed by atoms with E-state index in [1.165, 1.54) is 29.5 Å². The number of H-pyrrole nitrogens is 1. The van der Waals surface area contributed by atoms with Gasteiger partial charge in [0.1, 0.15) is 5.82 Å². The Kier molecular flexibility index (Phi) is 3.89.